The van der Waals surface area contributed by atoms with E-state index in [0.29, 0.717) is 11.7 Å². The number of likely N-dealkylation sites (tertiary alicyclic amines) is 1. The van der Waals surface area contributed by atoms with Crippen LogP contribution in [0.3, 0.4) is 0 Å². The number of carbonyl (C=O) groups is 1. The van der Waals surface area contributed by atoms with Crippen molar-refractivity contribution in [2.24, 2.45) is 5.92 Å². The van der Waals surface area contributed by atoms with Gasteiger partial charge >= 0.3 is 0 Å². The molecule has 1 aliphatic heterocycles. The fraction of sp³-hybridized carbons (Fsp3) is 0.909. The number of rotatable bonds is 4. The van der Waals surface area contributed by atoms with Crippen LogP contribution in [0.1, 0.15) is 19.8 Å². The highest BCUT2D eigenvalue weighted by molar-refractivity contribution is 5.78. The van der Waals surface area contributed by atoms with Gasteiger partial charge in [0.2, 0.25) is 0 Å². The van der Waals surface area contributed by atoms with Gasteiger partial charge in [-0.15, -0.1) is 0 Å². The molecule has 1 heterocycles. The third-order valence-corrected chi connectivity index (χ3v) is 3.03. The normalized spacial score (nSPS) is 20.3. The molecule has 0 aromatic rings. The highest BCUT2D eigenvalue weighted by Gasteiger charge is 2.21. The Labute approximate surface area is 87.1 Å². The molecule has 0 amide bonds. The van der Waals surface area contributed by atoms with Gasteiger partial charge in [-0.2, -0.15) is 0 Å². The van der Waals surface area contributed by atoms with Crippen molar-refractivity contribution in [3.05, 3.63) is 0 Å². The van der Waals surface area contributed by atoms with E-state index in [0.717, 1.165) is 39.0 Å². The third-order valence-electron chi connectivity index (χ3n) is 3.03. The molecule has 0 aliphatic carbocycles. The number of carbonyl (C=O) groups excluding carboxylic acids is 1. The van der Waals surface area contributed by atoms with Crippen LogP contribution in [0.15, 0.2) is 0 Å². The molecule has 0 N–H and O–H groups in total. The predicted octanol–water partition coefficient (Wildman–Crippen LogP) is 0.849. The number of nitrogens with zero attached hydrogens (tertiary/aromatic N) is 2. The molecule has 0 atom stereocenters. The number of Topliss-reactive ketones (excluding diaryl/α,β-unsaturated/α-hetero) is 1. The van der Waals surface area contributed by atoms with Crippen molar-refractivity contribution < 1.29 is 4.79 Å². The molecule has 0 spiro atoms. The Hall–Kier alpha value is -0.410. The van der Waals surface area contributed by atoms with Crippen LogP contribution >= 0.6 is 0 Å². The summed E-state index contributed by atoms with van der Waals surface area (Å²) in [6.45, 7) is 6.17. The Morgan fingerprint density at radius 3 is 2.36 bits per heavy atom. The molecule has 1 fully saturated rings. The lowest BCUT2D eigenvalue weighted by molar-refractivity contribution is -0.122. The Balaban J connectivity index is 2.19. The highest BCUT2D eigenvalue weighted by Crippen LogP contribution is 2.17. The Bertz CT molecular complexity index is 184. The molecule has 0 unspecified atom stereocenters. The van der Waals surface area contributed by atoms with E-state index in [9.17, 15) is 4.79 Å². The molecule has 1 rings (SSSR count). The van der Waals surface area contributed by atoms with Crippen molar-refractivity contribution in [3.8, 4) is 0 Å². The molecule has 3 heteroatoms. The van der Waals surface area contributed by atoms with E-state index in [1.54, 1.807) is 6.92 Å². The monoisotopic (exact) mass is 198 g/mol. The number of piperidine rings is 1. The van der Waals surface area contributed by atoms with Gasteiger partial charge in [0, 0.05) is 19.0 Å². The molecule has 0 saturated carbocycles. The van der Waals surface area contributed by atoms with E-state index >= 15 is 0 Å². The molecule has 0 aromatic heterocycles. The van der Waals surface area contributed by atoms with Gasteiger partial charge in [-0.05, 0) is 47.0 Å². The molecule has 82 valence electrons. The first-order valence-electron chi connectivity index (χ1n) is 5.47. The number of hydrogen-bond acceptors (Lipinski definition) is 3. The Morgan fingerprint density at radius 2 is 1.93 bits per heavy atom. The van der Waals surface area contributed by atoms with Gasteiger partial charge in [0.25, 0.3) is 0 Å². The molecule has 0 bridgehead atoms. The van der Waals surface area contributed by atoms with Gasteiger partial charge in [0.15, 0.2) is 0 Å². The maximum absolute atomic E-state index is 11.1. The first kappa shape index (κ1) is 11.7. The molecule has 14 heavy (non-hydrogen) atoms. The van der Waals surface area contributed by atoms with Crippen LogP contribution in [0.25, 0.3) is 0 Å². The lowest BCUT2D eigenvalue weighted by atomic mass is 9.93. The first-order chi connectivity index (χ1) is 6.59. The fourth-order valence-corrected chi connectivity index (χ4v) is 1.90. The minimum absolute atomic E-state index is 0.339. The van der Waals surface area contributed by atoms with Crippen LogP contribution in [-0.4, -0.2) is 55.9 Å². The minimum Gasteiger partial charge on any atom is -0.308 e. The van der Waals surface area contributed by atoms with E-state index in [2.05, 4.69) is 23.9 Å². The summed E-state index contributed by atoms with van der Waals surface area (Å²) in [6.07, 6.45) is 2.12. The molecule has 1 aliphatic rings. The van der Waals surface area contributed by atoms with E-state index in [4.69, 9.17) is 0 Å². The summed E-state index contributed by atoms with van der Waals surface area (Å²) in [7, 11) is 4.20. The maximum atomic E-state index is 11.1. The predicted molar refractivity (Wildman–Crippen MR) is 58.4 cm³/mol. The van der Waals surface area contributed by atoms with E-state index in [1.165, 1.54) is 0 Å². The van der Waals surface area contributed by atoms with Gasteiger partial charge in [0.05, 0.1) is 0 Å². The quantitative estimate of drug-likeness (QED) is 0.669. The van der Waals surface area contributed by atoms with Crippen LogP contribution in [0.5, 0.6) is 0 Å². The number of hydrogen-bond donors (Lipinski definition) is 0. The smallest absolute Gasteiger partial charge is 0.133 e. The summed E-state index contributed by atoms with van der Waals surface area (Å²) in [6, 6.07) is 0. The molecular formula is C11H22N2O. The van der Waals surface area contributed by atoms with Gasteiger partial charge in [-0.1, -0.05) is 0 Å². The van der Waals surface area contributed by atoms with Crippen molar-refractivity contribution in [1.82, 2.24) is 9.80 Å². The highest BCUT2D eigenvalue weighted by atomic mass is 16.1. The van der Waals surface area contributed by atoms with Crippen molar-refractivity contribution in [3.63, 3.8) is 0 Å². The summed E-state index contributed by atoms with van der Waals surface area (Å²) in [5, 5.41) is 0. The van der Waals surface area contributed by atoms with Gasteiger partial charge in [-0.3, -0.25) is 4.79 Å². The molecule has 0 aromatic carbocycles. The van der Waals surface area contributed by atoms with E-state index in [1.807, 2.05) is 0 Å². The lowest BCUT2D eigenvalue weighted by Crippen LogP contribution is -2.39. The maximum Gasteiger partial charge on any atom is 0.133 e. The largest absolute Gasteiger partial charge is 0.308 e. The summed E-state index contributed by atoms with van der Waals surface area (Å²) in [4.78, 5) is 15.8. The molecule has 3 nitrogen and oxygen atoms in total. The van der Waals surface area contributed by atoms with Gasteiger partial charge in [-0.25, -0.2) is 0 Å². The van der Waals surface area contributed by atoms with Gasteiger partial charge in [0.1, 0.15) is 5.78 Å². The minimum atomic E-state index is 0.339. The zero-order valence-electron chi connectivity index (χ0n) is 9.62. The first-order valence-corrected chi connectivity index (χ1v) is 5.47. The zero-order valence-corrected chi connectivity index (χ0v) is 9.62. The fourth-order valence-electron chi connectivity index (χ4n) is 1.90. The van der Waals surface area contributed by atoms with Crippen LogP contribution < -0.4 is 0 Å². The SMILES string of the molecule is CC(=O)C1CCN(CCN(C)C)CC1. The van der Waals surface area contributed by atoms with E-state index in [-0.39, 0.29) is 0 Å². The number of ketones is 1. The van der Waals surface area contributed by atoms with Crippen LogP contribution in [-0.2, 0) is 4.79 Å². The van der Waals surface area contributed by atoms with Crippen molar-refractivity contribution in [2.45, 2.75) is 19.8 Å². The Morgan fingerprint density at radius 1 is 1.36 bits per heavy atom. The number of likely N-dealkylation sites (N-methyl/N-ethyl adjacent to an activating group) is 1. The van der Waals surface area contributed by atoms with Crippen molar-refractivity contribution >= 4 is 5.78 Å². The van der Waals surface area contributed by atoms with Crippen LogP contribution in [0, 0.1) is 5.92 Å². The third kappa shape index (κ3) is 3.76. The zero-order chi connectivity index (χ0) is 10.6. The van der Waals surface area contributed by atoms with Crippen LogP contribution in [0.2, 0.25) is 0 Å². The summed E-state index contributed by atoms with van der Waals surface area (Å²) >= 11 is 0. The second kappa shape index (κ2) is 5.47. The second-order valence-corrected chi connectivity index (χ2v) is 4.53. The van der Waals surface area contributed by atoms with E-state index < -0.39 is 0 Å². The van der Waals surface area contributed by atoms with Crippen molar-refractivity contribution in [2.75, 3.05) is 40.3 Å². The molecule has 1 saturated heterocycles. The summed E-state index contributed by atoms with van der Waals surface area (Å²) < 4.78 is 0. The van der Waals surface area contributed by atoms with Crippen molar-refractivity contribution in [1.29, 1.82) is 0 Å². The Kier molecular flexibility index (Phi) is 4.55. The molecule has 0 radical (unpaired) electrons. The van der Waals surface area contributed by atoms with Gasteiger partial charge < -0.3 is 9.80 Å². The topological polar surface area (TPSA) is 23.6 Å². The average Bonchev–Trinajstić information content (AvgIpc) is 2.15. The standard InChI is InChI=1S/C11H22N2O/c1-10(14)11-4-6-13(7-5-11)9-8-12(2)3/h11H,4-9H2,1-3H3. The average molecular weight is 198 g/mol. The molecular weight excluding hydrogens is 176 g/mol. The summed E-state index contributed by atoms with van der Waals surface area (Å²) in [5.74, 6) is 0.711. The summed E-state index contributed by atoms with van der Waals surface area (Å²) in [5.41, 5.74) is 0. The second-order valence-electron chi connectivity index (χ2n) is 4.53. The lowest BCUT2D eigenvalue weighted by Gasteiger charge is -2.31. The van der Waals surface area contributed by atoms with Crippen LogP contribution in [0.4, 0.5) is 0 Å².